The van der Waals surface area contributed by atoms with E-state index in [1.54, 1.807) is 7.11 Å². The highest BCUT2D eigenvalue weighted by Gasteiger charge is 2.36. The molecule has 7 heteroatoms. The molecule has 6 nitrogen and oxygen atoms in total. The van der Waals surface area contributed by atoms with Crippen LogP contribution in [-0.4, -0.2) is 44.0 Å². The second kappa shape index (κ2) is 4.46. The Hall–Kier alpha value is -0.660. The van der Waals surface area contributed by atoms with Gasteiger partial charge in [-0.3, -0.25) is 4.79 Å². The molecule has 0 bridgehead atoms. The van der Waals surface area contributed by atoms with Crippen LogP contribution in [0.15, 0.2) is 0 Å². The number of nitrogens with one attached hydrogen (secondary N) is 1. The lowest BCUT2D eigenvalue weighted by Crippen LogP contribution is -2.50. The van der Waals surface area contributed by atoms with Gasteiger partial charge in [0, 0.05) is 13.2 Å². The van der Waals surface area contributed by atoms with E-state index in [-0.39, 0.29) is 12.1 Å². The Balaban J connectivity index is 2.48. The number of carboxylic acids is 1. The predicted molar refractivity (Wildman–Crippen MR) is 53.0 cm³/mol. The molecule has 0 heterocycles. The van der Waals surface area contributed by atoms with Gasteiger partial charge in [-0.1, -0.05) is 0 Å². The molecular formula is C8H15NO5S. The average molecular weight is 237 g/mol. The van der Waals surface area contributed by atoms with Gasteiger partial charge in [0.05, 0.1) is 6.10 Å². The van der Waals surface area contributed by atoms with Crippen LogP contribution in [0.3, 0.4) is 0 Å². The van der Waals surface area contributed by atoms with Crippen molar-refractivity contribution in [1.29, 1.82) is 0 Å². The van der Waals surface area contributed by atoms with Crippen molar-refractivity contribution in [1.82, 2.24) is 4.72 Å². The van der Waals surface area contributed by atoms with Crippen molar-refractivity contribution in [2.45, 2.75) is 37.2 Å². The number of carbonyl (C=O) groups is 1. The highest BCUT2D eigenvalue weighted by atomic mass is 32.2. The van der Waals surface area contributed by atoms with Gasteiger partial charge in [-0.15, -0.1) is 0 Å². The summed E-state index contributed by atoms with van der Waals surface area (Å²) in [7, 11) is -2.19. The third-order valence-electron chi connectivity index (χ3n) is 2.57. The van der Waals surface area contributed by atoms with Gasteiger partial charge >= 0.3 is 5.97 Å². The smallest absolute Gasteiger partial charge is 0.323 e. The first-order valence-corrected chi connectivity index (χ1v) is 6.18. The van der Waals surface area contributed by atoms with Gasteiger partial charge in [-0.2, -0.15) is 0 Å². The van der Waals surface area contributed by atoms with Crippen LogP contribution in [0.5, 0.6) is 0 Å². The zero-order chi connectivity index (χ0) is 11.6. The van der Waals surface area contributed by atoms with Gasteiger partial charge in [-0.05, 0) is 19.8 Å². The van der Waals surface area contributed by atoms with E-state index >= 15 is 0 Å². The van der Waals surface area contributed by atoms with E-state index in [4.69, 9.17) is 9.84 Å². The molecule has 1 aliphatic carbocycles. The third-order valence-corrected chi connectivity index (χ3v) is 4.37. The largest absolute Gasteiger partial charge is 0.480 e. The standard InChI is InChI=1S/C8H15NO5S/c1-5(8(10)11)15(12,13)9-6-3-7(4-6)14-2/h5-7,9H,3-4H2,1-2H3,(H,10,11). The van der Waals surface area contributed by atoms with Crippen LogP contribution in [0.4, 0.5) is 0 Å². The molecule has 1 aliphatic rings. The van der Waals surface area contributed by atoms with Gasteiger partial charge in [0.1, 0.15) is 0 Å². The second-order valence-electron chi connectivity index (χ2n) is 3.67. The summed E-state index contributed by atoms with van der Waals surface area (Å²) in [6.45, 7) is 1.15. The number of sulfonamides is 1. The maximum absolute atomic E-state index is 11.4. The minimum absolute atomic E-state index is 0.0813. The Morgan fingerprint density at radius 1 is 1.53 bits per heavy atom. The fourth-order valence-electron chi connectivity index (χ4n) is 1.32. The molecule has 15 heavy (non-hydrogen) atoms. The molecule has 1 rings (SSSR count). The molecule has 1 atom stereocenters. The van der Waals surface area contributed by atoms with E-state index < -0.39 is 21.2 Å². The first-order chi connectivity index (χ1) is 6.86. The topological polar surface area (TPSA) is 92.7 Å². The van der Waals surface area contributed by atoms with Gasteiger partial charge < -0.3 is 9.84 Å². The van der Waals surface area contributed by atoms with Crippen molar-refractivity contribution in [2.24, 2.45) is 0 Å². The quantitative estimate of drug-likeness (QED) is 0.676. The van der Waals surface area contributed by atoms with Crippen LogP contribution >= 0.6 is 0 Å². The number of hydrogen-bond donors (Lipinski definition) is 2. The van der Waals surface area contributed by atoms with Gasteiger partial charge in [0.25, 0.3) is 0 Å². The van der Waals surface area contributed by atoms with Gasteiger partial charge in [0.15, 0.2) is 5.25 Å². The van der Waals surface area contributed by atoms with Crippen LogP contribution in [0.1, 0.15) is 19.8 Å². The fourth-order valence-corrected chi connectivity index (χ4v) is 2.45. The molecule has 0 spiro atoms. The Morgan fingerprint density at radius 3 is 2.47 bits per heavy atom. The molecule has 0 aliphatic heterocycles. The summed E-state index contributed by atoms with van der Waals surface area (Å²) in [5.74, 6) is -1.34. The molecule has 0 saturated heterocycles. The van der Waals surface area contributed by atoms with Crippen LogP contribution in [0, 0.1) is 0 Å². The van der Waals surface area contributed by atoms with Crippen molar-refractivity contribution < 1.29 is 23.1 Å². The molecule has 0 aromatic carbocycles. The summed E-state index contributed by atoms with van der Waals surface area (Å²) in [6.07, 6.45) is 1.28. The van der Waals surface area contributed by atoms with Gasteiger partial charge in [0.2, 0.25) is 10.0 Å². The van der Waals surface area contributed by atoms with Crippen LogP contribution < -0.4 is 4.72 Å². The first-order valence-electron chi connectivity index (χ1n) is 4.63. The lowest BCUT2D eigenvalue weighted by molar-refractivity contribution is -0.136. The molecule has 2 N–H and O–H groups in total. The number of carboxylic acid groups (broad SMARTS) is 1. The summed E-state index contributed by atoms with van der Waals surface area (Å²) in [5.41, 5.74) is 0. The highest BCUT2D eigenvalue weighted by molar-refractivity contribution is 7.90. The average Bonchev–Trinajstić information content (AvgIpc) is 2.09. The third kappa shape index (κ3) is 2.90. The Labute approximate surface area is 88.7 Å². The maximum Gasteiger partial charge on any atom is 0.323 e. The zero-order valence-electron chi connectivity index (χ0n) is 8.63. The van der Waals surface area contributed by atoms with E-state index in [9.17, 15) is 13.2 Å². The van der Waals surface area contributed by atoms with Gasteiger partial charge in [-0.25, -0.2) is 13.1 Å². The normalized spacial score (nSPS) is 28.1. The Bertz CT molecular complexity index is 333. The van der Waals surface area contributed by atoms with Crippen LogP contribution in [0.2, 0.25) is 0 Å². The van der Waals surface area contributed by atoms with E-state index in [2.05, 4.69) is 4.72 Å². The van der Waals surface area contributed by atoms with Crippen molar-refractivity contribution in [3.05, 3.63) is 0 Å². The van der Waals surface area contributed by atoms with Crippen LogP contribution in [0.25, 0.3) is 0 Å². The molecule has 1 unspecified atom stereocenters. The number of rotatable bonds is 5. The molecule has 0 aromatic rings. The van der Waals surface area contributed by atoms with E-state index in [1.807, 2.05) is 0 Å². The minimum Gasteiger partial charge on any atom is -0.480 e. The van der Waals surface area contributed by atoms with E-state index in [1.165, 1.54) is 0 Å². The van der Waals surface area contributed by atoms with E-state index in [0.29, 0.717) is 12.8 Å². The molecule has 0 aromatic heterocycles. The maximum atomic E-state index is 11.4. The summed E-state index contributed by atoms with van der Waals surface area (Å²) < 4.78 is 30.2. The van der Waals surface area contributed by atoms with Crippen molar-refractivity contribution >= 4 is 16.0 Å². The highest BCUT2D eigenvalue weighted by Crippen LogP contribution is 2.23. The molecule has 88 valence electrons. The second-order valence-corrected chi connectivity index (χ2v) is 5.70. The van der Waals surface area contributed by atoms with Crippen molar-refractivity contribution in [3.8, 4) is 0 Å². The Morgan fingerprint density at radius 2 is 2.07 bits per heavy atom. The molecule has 1 saturated carbocycles. The number of ether oxygens (including phenoxy) is 1. The van der Waals surface area contributed by atoms with Crippen LogP contribution in [-0.2, 0) is 19.6 Å². The lowest BCUT2D eigenvalue weighted by Gasteiger charge is -2.34. The molecule has 0 amide bonds. The molecule has 1 fully saturated rings. The molecule has 0 radical (unpaired) electrons. The van der Waals surface area contributed by atoms with E-state index in [0.717, 1.165) is 6.92 Å². The summed E-state index contributed by atoms with van der Waals surface area (Å²) in [6, 6.07) is -0.193. The zero-order valence-corrected chi connectivity index (χ0v) is 9.45. The minimum atomic E-state index is -3.76. The monoisotopic (exact) mass is 237 g/mol. The SMILES string of the molecule is COC1CC(NS(=O)(=O)C(C)C(=O)O)C1. The summed E-state index contributed by atoms with van der Waals surface area (Å²) in [4.78, 5) is 10.5. The summed E-state index contributed by atoms with van der Waals surface area (Å²) >= 11 is 0. The lowest BCUT2D eigenvalue weighted by atomic mass is 9.90. The summed E-state index contributed by atoms with van der Waals surface area (Å²) in [5, 5.41) is 7.16. The number of methoxy groups -OCH3 is 1. The van der Waals surface area contributed by atoms with Crippen molar-refractivity contribution in [2.75, 3.05) is 7.11 Å². The fraction of sp³-hybridized carbons (Fsp3) is 0.875. The number of hydrogen-bond acceptors (Lipinski definition) is 4. The predicted octanol–water partition coefficient (Wildman–Crippen LogP) is -0.444. The van der Waals surface area contributed by atoms with Crippen molar-refractivity contribution in [3.63, 3.8) is 0 Å². The molecular weight excluding hydrogens is 222 g/mol. The first kappa shape index (κ1) is 12.4. The Kier molecular flexibility index (Phi) is 3.69. The number of aliphatic carboxylic acids is 1.